The third-order valence-electron chi connectivity index (χ3n) is 1.80. The Kier molecular flexibility index (Phi) is 2.28. The highest BCUT2D eigenvalue weighted by Gasteiger charge is 2.27. The number of carbonyl (C=O) groups excluding carboxylic acids is 1. The Bertz CT molecular complexity index is 331. The molecular weight excluding hydrogens is 166 g/mol. The average molecular weight is 181 g/mol. The lowest BCUT2D eigenvalue weighted by atomic mass is 9.88. The van der Waals surface area contributed by atoms with E-state index in [-0.39, 0.29) is 5.78 Å². The van der Waals surface area contributed by atoms with Crippen molar-refractivity contribution in [2.24, 2.45) is 5.41 Å². The number of aryl methyl sites for hydroxylation is 2. The fourth-order valence-electron chi connectivity index (χ4n) is 1.09. The van der Waals surface area contributed by atoms with Crippen LogP contribution in [-0.4, -0.2) is 10.8 Å². The summed E-state index contributed by atoms with van der Waals surface area (Å²) in [7, 11) is 0. The van der Waals surface area contributed by atoms with Gasteiger partial charge in [0.2, 0.25) is 0 Å². The molecule has 0 N–H and O–H groups in total. The molecule has 1 aromatic heterocycles. The molecule has 13 heavy (non-hydrogen) atoms. The van der Waals surface area contributed by atoms with Gasteiger partial charge in [0.1, 0.15) is 11.5 Å². The van der Waals surface area contributed by atoms with Crippen LogP contribution in [0.25, 0.3) is 0 Å². The molecule has 0 aliphatic carbocycles. The summed E-state index contributed by atoms with van der Waals surface area (Å²) in [4.78, 5) is 15.8. The number of aromatic nitrogens is 1. The molecule has 0 atom stereocenters. The van der Waals surface area contributed by atoms with Crippen LogP contribution in [0.4, 0.5) is 0 Å². The number of Topliss-reactive ketones (excluding diaryl/α,β-unsaturated/α-hetero) is 1. The Morgan fingerprint density at radius 3 is 2.15 bits per heavy atom. The minimum absolute atomic E-state index is 0.0295. The first-order valence-corrected chi connectivity index (χ1v) is 4.31. The topological polar surface area (TPSA) is 43.1 Å². The van der Waals surface area contributed by atoms with E-state index in [1.807, 2.05) is 20.8 Å². The van der Waals surface area contributed by atoms with E-state index in [4.69, 9.17) is 4.42 Å². The highest BCUT2D eigenvalue weighted by molar-refractivity contribution is 5.98. The van der Waals surface area contributed by atoms with Crippen LogP contribution >= 0.6 is 0 Å². The van der Waals surface area contributed by atoms with Gasteiger partial charge in [-0.1, -0.05) is 20.8 Å². The summed E-state index contributed by atoms with van der Waals surface area (Å²) in [6, 6.07) is 0. The molecule has 0 amide bonds. The third kappa shape index (κ3) is 1.97. The van der Waals surface area contributed by atoms with Crippen molar-refractivity contribution in [1.29, 1.82) is 0 Å². The number of nitrogens with zero attached hydrogens (tertiary/aromatic N) is 1. The average Bonchev–Trinajstić information content (AvgIpc) is 2.26. The third-order valence-corrected chi connectivity index (χ3v) is 1.80. The number of hydrogen-bond acceptors (Lipinski definition) is 3. The largest absolute Gasteiger partial charge is 0.446 e. The molecule has 0 aromatic carbocycles. The molecule has 3 heteroatoms. The van der Waals surface area contributed by atoms with Crippen LogP contribution in [0.5, 0.6) is 0 Å². The van der Waals surface area contributed by atoms with Gasteiger partial charge >= 0.3 is 0 Å². The van der Waals surface area contributed by atoms with Crippen molar-refractivity contribution in [2.75, 3.05) is 0 Å². The molecule has 3 nitrogen and oxygen atoms in total. The van der Waals surface area contributed by atoms with Crippen LogP contribution in [0, 0.1) is 19.3 Å². The van der Waals surface area contributed by atoms with Gasteiger partial charge in [0, 0.05) is 12.3 Å². The number of rotatable bonds is 1. The Balaban J connectivity index is 3.09. The Labute approximate surface area is 78.2 Å². The van der Waals surface area contributed by atoms with E-state index in [2.05, 4.69) is 4.98 Å². The quantitative estimate of drug-likeness (QED) is 0.625. The summed E-state index contributed by atoms with van der Waals surface area (Å²) in [5, 5.41) is 0. The van der Waals surface area contributed by atoms with Crippen molar-refractivity contribution >= 4 is 5.78 Å². The van der Waals surface area contributed by atoms with Gasteiger partial charge in [0.15, 0.2) is 11.7 Å². The van der Waals surface area contributed by atoms with Crippen LogP contribution in [0.3, 0.4) is 0 Å². The first-order valence-electron chi connectivity index (χ1n) is 4.31. The second kappa shape index (κ2) is 2.98. The van der Waals surface area contributed by atoms with Gasteiger partial charge < -0.3 is 4.42 Å². The summed E-state index contributed by atoms with van der Waals surface area (Å²) in [6.45, 7) is 9.13. The number of carbonyl (C=O) groups is 1. The Morgan fingerprint density at radius 2 is 1.85 bits per heavy atom. The molecule has 0 radical (unpaired) electrons. The lowest BCUT2D eigenvalue weighted by Gasteiger charge is -2.14. The predicted molar refractivity (Wildman–Crippen MR) is 49.8 cm³/mol. The van der Waals surface area contributed by atoms with E-state index in [0.29, 0.717) is 17.3 Å². The summed E-state index contributed by atoms with van der Waals surface area (Å²) in [5.41, 5.74) is 0.0682. The van der Waals surface area contributed by atoms with Gasteiger partial charge in [-0.25, -0.2) is 4.98 Å². The van der Waals surface area contributed by atoms with Gasteiger partial charge in [0.25, 0.3) is 0 Å². The van der Waals surface area contributed by atoms with Gasteiger partial charge in [-0.05, 0) is 6.92 Å². The first-order chi connectivity index (χ1) is 5.82. The molecule has 0 saturated heterocycles. The SMILES string of the molecule is Cc1nc(C(=O)C(C)(C)C)c(C)o1. The van der Waals surface area contributed by atoms with Crippen LogP contribution in [0.2, 0.25) is 0 Å². The maximum absolute atomic E-state index is 11.8. The highest BCUT2D eigenvalue weighted by atomic mass is 16.4. The van der Waals surface area contributed by atoms with Crippen molar-refractivity contribution in [3.63, 3.8) is 0 Å². The van der Waals surface area contributed by atoms with Crippen LogP contribution in [0.15, 0.2) is 4.42 Å². The molecule has 0 aliphatic heterocycles. The van der Waals surface area contributed by atoms with Gasteiger partial charge in [-0.3, -0.25) is 4.79 Å². The standard InChI is InChI=1S/C10H15NO2/c1-6-8(11-7(2)13-6)9(12)10(3,4)5/h1-5H3. The summed E-state index contributed by atoms with van der Waals surface area (Å²) < 4.78 is 5.20. The van der Waals surface area contributed by atoms with Crippen molar-refractivity contribution < 1.29 is 9.21 Å². The lowest BCUT2D eigenvalue weighted by molar-refractivity contribution is 0.0852. The highest BCUT2D eigenvalue weighted by Crippen LogP contribution is 2.22. The summed E-state index contributed by atoms with van der Waals surface area (Å²) in [5.74, 6) is 1.18. The molecule has 72 valence electrons. The predicted octanol–water partition coefficient (Wildman–Crippen LogP) is 2.52. The fraction of sp³-hybridized carbons (Fsp3) is 0.600. The molecule has 1 rings (SSSR count). The lowest BCUT2D eigenvalue weighted by Crippen LogP contribution is -2.21. The zero-order valence-corrected chi connectivity index (χ0v) is 8.76. The minimum Gasteiger partial charge on any atom is -0.446 e. The van der Waals surface area contributed by atoms with E-state index in [1.165, 1.54) is 0 Å². The zero-order chi connectivity index (χ0) is 10.2. The molecule has 1 aromatic rings. The normalized spacial score (nSPS) is 11.8. The van der Waals surface area contributed by atoms with Crippen LogP contribution in [-0.2, 0) is 0 Å². The van der Waals surface area contributed by atoms with E-state index < -0.39 is 5.41 Å². The van der Waals surface area contributed by atoms with Crippen molar-refractivity contribution in [3.05, 3.63) is 17.3 Å². The molecular formula is C10H15NO2. The molecule has 0 saturated carbocycles. The molecule has 0 aliphatic rings. The number of oxazole rings is 1. The minimum atomic E-state index is -0.395. The van der Waals surface area contributed by atoms with Crippen molar-refractivity contribution in [1.82, 2.24) is 4.98 Å². The number of ketones is 1. The van der Waals surface area contributed by atoms with Crippen molar-refractivity contribution in [3.8, 4) is 0 Å². The summed E-state index contributed by atoms with van der Waals surface area (Å²) >= 11 is 0. The van der Waals surface area contributed by atoms with Gasteiger partial charge in [-0.2, -0.15) is 0 Å². The van der Waals surface area contributed by atoms with Crippen LogP contribution < -0.4 is 0 Å². The molecule has 1 heterocycles. The molecule has 0 fully saturated rings. The summed E-state index contributed by atoms with van der Waals surface area (Å²) in [6.07, 6.45) is 0. The van der Waals surface area contributed by atoms with E-state index in [0.717, 1.165) is 0 Å². The second-order valence-electron chi connectivity index (χ2n) is 4.22. The van der Waals surface area contributed by atoms with Crippen LogP contribution in [0.1, 0.15) is 42.9 Å². The van der Waals surface area contributed by atoms with Gasteiger partial charge in [-0.15, -0.1) is 0 Å². The Hall–Kier alpha value is -1.12. The zero-order valence-electron chi connectivity index (χ0n) is 8.76. The first kappa shape index (κ1) is 9.96. The maximum atomic E-state index is 11.8. The Morgan fingerprint density at radius 1 is 1.31 bits per heavy atom. The maximum Gasteiger partial charge on any atom is 0.191 e. The smallest absolute Gasteiger partial charge is 0.191 e. The number of hydrogen-bond donors (Lipinski definition) is 0. The van der Waals surface area contributed by atoms with E-state index in [1.54, 1.807) is 13.8 Å². The monoisotopic (exact) mass is 181 g/mol. The van der Waals surface area contributed by atoms with Crippen molar-refractivity contribution in [2.45, 2.75) is 34.6 Å². The van der Waals surface area contributed by atoms with Gasteiger partial charge in [0.05, 0.1) is 0 Å². The molecule has 0 spiro atoms. The fourth-order valence-corrected chi connectivity index (χ4v) is 1.09. The molecule has 0 bridgehead atoms. The van der Waals surface area contributed by atoms with E-state index >= 15 is 0 Å². The molecule has 0 unspecified atom stereocenters. The van der Waals surface area contributed by atoms with E-state index in [9.17, 15) is 4.79 Å². The second-order valence-corrected chi connectivity index (χ2v) is 4.22.